The first kappa shape index (κ1) is 14.9. The maximum atomic E-state index is 12.5. The summed E-state index contributed by atoms with van der Waals surface area (Å²) in [6.07, 6.45) is 6.45. The van der Waals surface area contributed by atoms with Gasteiger partial charge in [-0.2, -0.15) is 0 Å². The molecule has 0 spiro atoms. The number of rotatable bonds is 4. The molecular weight excluding hydrogens is 306 g/mol. The Morgan fingerprint density at radius 3 is 2.67 bits per heavy atom. The second-order valence-electron chi connectivity index (χ2n) is 6.49. The number of nitrogens with zero attached hydrogens (tertiary/aromatic N) is 1. The Labute approximate surface area is 139 Å². The summed E-state index contributed by atoms with van der Waals surface area (Å²) < 4.78 is 5.25. The van der Waals surface area contributed by atoms with Gasteiger partial charge in [0.15, 0.2) is 12.2 Å². The number of nitrogens with one attached hydrogen (secondary N) is 2. The Hall–Kier alpha value is -2.63. The summed E-state index contributed by atoms with van der Waals surface area (Å²) in [6.45, 7) is 0. The van der Waals surface area contributed by atoms with Crippen molar-refractivity contribution in [2.75, 3.05) is 0 Å². The lowest BCUT2D eigenvalue weighted by molar-refractivity contribution is -0.124. The zero-order valence-electron chi connectivity index (χ0n) is 13.2. The van der Waals surface area contributed by atoms with E-state index in [-0.39, 0.29) is 23.9 Å². The summed E-state index contributed by atoms with van der Waals surface area (Å²) in [6, 6.07) is 7.33. The molecule has 1 saturated heterocycles. The number of hydrogen-bond acceptors (Lipinski definition) is 4. The second kappa shape index (κ2) is 6.11. The van der Waals surface area contributed by atoms with Crippen LogP contribution in [0.5, 0.6) is 0 Å². The fourth-order valence-corrected chi connectivity index (χ4v) is 3.28. The third kappa shape index (κ3) is 3.04. The van der Waals surface area contributed by atoms with Crippen LogP contribution in [0.1, 0.15) is 36.0 Å². The van der Waals surface area contributed by atoms with Gasteiger partial charge in [-0.3, -0.25) is 9.59 Å². The zero-order valence-corrected chi connectivity index (χ0v) is 13.2. The van der Waals surface area contributed by atoms with Crippen LogP contribution in [0.4, 0.5) is 0 Å². The van der Waals surface area contributed by atoms with E-state index in [9.17, 15) is 9.59 Å². The molecule has 0 unspecified atom stereocenters. The minimum atomic E-state index is -0.106. The average molecular weight is 325 g/mol. The largest absolute Gasteiger partial charge is 0.444 e. The van der Waals surface area contributed by atoms with Gasteiger partial charge in [0, 0.05) is 17.5 Å². The van der Waals surface area contributed by atoms with Crippen LogP contribution in [0.2, 0.25) is 0 Å². The summed E-state index contributed by atoms with van der Waals surface area (Å²) >= 11 is 0. The lowest BCUT2D eigenvalue weighted by Gasteiger charge is -2.33. The van der Waals surface area contributed by atoms with Gasteiger partial charge in [-0.25, -0.2) is 4.98 Å². The van der Waals surface area contributed by atoms with Crippen LogP contribution in [0.3, 0.4) is 0 Å². The highest BCUT2D eigenvalue weighted by molar-refractivity contribution is 5.95. The van der Waals surface area contributed by atoms with E-state index in [0.29, 0.717) is 30.1 Å². The van der Waals surface area contributed by atoms with Gasteiger partial charge in [0.1, 0.15) is 0 Å². The average Bonchev–Trinajstić information content (AvgIpc) is 3.30. The number of aromatic nitrogens is 1. The molecule has 0 bridgehead atoms. The van der Waals surface area contributed by atoms with Crippen LogP contribution in [-0.4, -0.2) is 28.9 Å². The quantitative estimate of drug-likeness (QED) is 0.902. The maximum Gasteiger partial charge on any atom is 0.251 e. The van der Waals surface area contributed by atoms with Gasteiger partial charge >= 0.3 is 0 Å². The van der Waals surface area contributed by atoms with Gasteiger partial charge in [-0.05, 0) is 37.3 Å². The predicted molar refractivity (Wildman–Crippen MR) is 87.1 cm³/mol. The van der Waals surface area contributed by atoms with Gasteiger partial charge in [-0.15, -0.1) is 0 Å². The molecule has 2 heterocycles. The predicted octanol–water partition coefficient (Wildman–Crippen LogP) is 2.13. The smallest absolute Gasteiger partial charge is 0.251 e. The van der Waals surface area contributed by atoms with Crippen LogP contribution >= 0.6 is 0 Å². The molecule has 124 valence electrons. The number of benzene rings is 1. The Morgan fingerprint density at radius 1 is 1.21 bits per heavy atom. The Morgan fingerprint density at radius 2 is 2.00 bits per heavy atom. The van der Waals surface area contributed by atoms with Crippen molar-refractivity contribution < 1.29 is 14.0 Å². The van der Waals surface area contributed by atoms with E-state index in [1.807, 2.05) is 12.1 Å². The van der Waals surface area contributed by atoms with Gasteiger partial charge in [0.05, 0.1) is 18.3 Å². The molecule has 6 nitrogen and oxygen atoms in total. The molecule has 2 amide bonds. The molecule has 24 heavy (non-hydrogen) atoms. The number of amides is 2. The SMILES string of the molecule is O=C1CC[C@@H](NC(=O)c2ccc(-c3cnco3)cc2)[C@H](C2CC2)N1. The van der Waals surface area contributed by atoms with Gasteiger partial charge in [-0.1, -0.05) is 12.1 Å². The number of piperidine rings is 1. The van der Waals surface area contributed by atoms with E-state index in [0.717, 1.165) is 18.4 Å². The third-order valence-electron chi connectivity index (χ3n) is 4.75. The van der Waals surface area contributed by atoms with E-state index in [2.05, 4.69) is 15.6 Å². The summed E-state index contributed by atoms with van der Waals surface area (Å²) in [4.78, 5) is 28.0. The van der Waals surface area contributed by atoms with Crippen molar-refractivity contribution in [3.8, 4) is 11.3 Å². The fraction of sp³-hybridized carbons (Fsp3) is 0.389. The molecule has 1 saturated carbocycles. The molecular formula is C18H19N3O3. The topological polar surface area (TPSA) is 84.2 Å². The van der Waals surface area contributed by atoms with Crippen molar-refractivity contribution in [3.05, 3.63) is 42.4 Å². The molecule has 2 N–H and O–H groups in total. The highest BCUT2D eigenvalue weighted by atomic mass is 16.3. The monoisotopic (exact) mass is 325 g/mol. The highest BCUT2D eigenvalue weighted by Crippen LogP contribution is 2.36. The maximum absolute atomic E-state index is 12.5. The van der Waals surface area contributed by atoms with E-state index in [1.165, 1.54) is 6.39 Å². The Bertz CT molecular complexity index is 735. The first-order valence-corrected chi connectivity index (χ1v) is 8.30. The lowest BCUT2D eigenvalue weighted by atomic mass is 9.94. The van der Waals surface area contributed by atoms with Crippen molar-refractivity contribution >= 4 is 11.8 Å². The normalized spacial score (nSPS) is 23.6. The van der Waals surface area contributed by atoms with Crippen molar-refractivity contribution in [3.63, 3.8) is 0 Å². The van der Waals surface area contributed by atoms with Crippen molar-refractivity contribution in [1.82, 2.24) is 15.6 Å². The minimum absolute atomic E-state index is 0.0108. The number of carbonyl (C=O) groups excluding carboxylic acids is 2. The second-order valence-corrected chi connectivity index (χ2v) is 6.49. The van der Waals surface area contributed by atoms with E-state index in [4.69, 9.17) is 4.42 Å². The van der Waals surface area contributed by atoms with Gasteiger partial charge in [0.25, 0.3) is 5.91 Å². The van der Waals surface area contributed by atoms with E-state index in [1.54, 1.807) is 18.3 Å². The number of hydrogen-bond donors (Lipinski definition) is 2. The molecule has 2 atom stereocenters. The highest BCUT2D eigenvalue weighted by Gasteiger charge is 2.40. The summed E-state index contributed by atoms with van der Waals surface area (Å²) in [7, 11) is 0. The molecule has 1 aliphatic heterocycles. The summed E-state index contributed by atoms with van der Waals surface area (Å²) in [5, 5.41) is 6.13. The Kier molecular flexibility index (Phi) is 3.80. The molecule has 0 radical (unpaired) electrons. The van der Waals surface area contributed by atoms with Crippen LogP contribution in [0.25, 0.3) is 11.3 Å². The standard InChI is InChI=1S/C18H19N3O3/c22-16-8-7-14(17(21-16)12-3-4-12)20-18(23)13-5-1-11(2-6-13)15-9-19-10-24-15/h1-2,5-6,9-10,12,14,17H,3-4,7-8H2,(H,20,23)(H,21,22)/t14-,17+/m1/s1. The molecule has 1 aromatic heterocycles. The van der Waals surface area contributed by atoms with Crippen molar-refractivity contribution in [2.45, 2.75) is 37.8 Å². The summed E-state index contributed by atoms with van der Waals surface area (Å²) in [5.41, 5.74) is 1.48. The van der Waals surface area contributed by atoms with Crippen LogP contribution < -0.4 is 10.6 Å². The minimum Gasteiger partial charge on any atom is -0.444 e. The lowest BCUT2D eigenvalue weighted by Crippen LogP contribution is -2.56. The molecule has 4 rings (SSSR count). The third-order valence-corrected chi connectivity index (χ3v) is 4.75. The molecule has 2 aliphatic rings. The molecule has 6 heteroatoms. The van der Waals surface area contributed by atoms with Crippen LogP contribution in [0, 0.1) is 5.92 Å². The zero-order chi connectivity index (χ0) is 16.5. The summed E-state index contributed by atoms with van der Waals surface area (Å²) in [5.74, 6) is 1.17. The van der Waals surface area contributed by atoms with Crippen LogP contribution in [0.15, 0.2) is 41.3 Å². The van der Waals surface area contributed by atoms with E-state index >= 15 is 0 Å². The van der Waals surface area contributed by atoms with Crippen LogP contribution in [-0.2, 0) is 4.79 Å². The fourth-order valence-electron chi connectivity index (χ4n) is 3.28. The first-order chi connectivity index (χ1) is 11.7. The van der Waals surface area contributed by atoms with Gasteiger partial charge in [0.2, 0.25) is 5.91 Å². The van der Waals surface area contributed by atoms with E-state index < -0.39 is 0 Å². The molecule has 2 aromatic rings. The molecule has 1 aromatic carbocycles. The van der Waals surface area contributed by atoms with Gasteiger partial charge < -0.3 is 15.1 Å². The number of oxazole rings is 1. The number of carbonyl (C=O) groups is 2. The molecule has 2 fully saturated rings. The molecule has 1 aliphatic carbocycles. The first-order valence-electron chi connectivity index (χ1n) is 8.30. The Balaban J connectivity index is 1.44. The van der Waals surface area contributed by atoms with Crippen molar-refractivity contribution in [2.24, 2.45) is 5.92 Å². The van der Waals surface area contributed by atoms with Crippen molar-refractivity contribution in [1.29, 1.82) is 0 Å².